The summed E-state index contributed by atoms with van der Waals surface area (Å²) in [5.41, 5.74) is 2.83. The van der Waals surface area contributed by atoms with E-state index in [2.05, 4.69) is 13.8 Å². The summed E-state index contributed by atoms with van der Waals surface area (Å²) in [4.78, 5) is 11.2. The predicted molar refractivity (Wildman–Crippen MR) is 81.3 cm³/mol. The highest BCUT2D eigenvalue weighted by Gasteiger charge is 2.14. The Kier molecular flexibility index (Phi) is 4.94. The standard InChI is InChI=1S/C18H20O2/c1-3-14(2)17-11-7-10-16(12-19)18(17)20-13-15-8-5-4-6-9-15/h4-12,14H,3,13H2,1-2H3. The first-order valence-corrected chi connectivity index (χ1v) is 7.01. The van der Waals surface area contributed by atoms with Crippen molar-refractivity contribution in [2.24, 2.45) is 0 Å². The maximum absolute atomic E-state index is 11.2. The van der Waals surface area contributed by atoms with Gasteiger partial charge in [-0.2, -0.15) is 0 Å². The topological polar surface area (TPSA) is 26.3 Å². The number of carbonyl (C=O) groups is 1. The number of para-hydroxylation sites is 1. The molecule has 0 spiro atoms. The molecule has 0 saturated heterocycles. The number of rotatable bonds is 6. The van der Waals surface area contributed by atoms with E-state index >= 15 is 0 Å². The minimum absolute atomic E-state index is 0.376. The van der Waals surface area contributed by atoms with Crippen LogP contribution in [-0.4, -0.2) is 6.29 Å². The molecule has 2 rings (SSSR count). The van der Waals surface area contributed by atoms with E-state index in [9.17, 15) is 4.79 Å². The average molecular weight is 268 g/mol. The number of ether oxygens (including phenoxy) is 1. The van der Waals surface area contributed by atoms with Crippen molar-refractivity contribution in [3.63, 3.8) is 0 Å². The van der Waals surface area contributed by atoms with Crippen LogP contribution >= 0.6 is 0 Å². The molecule has 1 atom stereocenters. The second kappa shape index (κ2) is 6.90. The van der Waals surface area contributed by atoms with Gasteiger partial charge in [-0.15, -0.1) is 0 Å². The second-order valence-electron chi connectivity index (χ2n) is 4.97. The highest BCUT2D eigenvalue weighted by atomic mass is 16.5. The zero-order chi connectivity index (χ0) is 14.4. The molecule has 0 aliphatic rings. The Bertz CT molecular complexity index is 561. The summed E-state index contributed by atoms with van der Waals surface area (Å²) in [5.74, 6) is 1.10. The van der Waals surface area contributed by atoms with Gasteiger partial charge in [-0.3, -0.25) is 4.79 Å². The van der Waals surface area contributed by atoms with E-state index in [1.54, 1.807) is 6.07 Å². The molecule has 20 heavy (non-hydrogen) atoms. The molecule has 0 bridgehead atoms. The smallest absolute Gasteiger partial charge is 0.153 e. The number of hydrogen-bond acceptors (Lipinski definition) is 2. The van der Waals surface area contributed by atoms with Crippen molar-refractivity contribution in [2.75, 3.05) is 0 Å². The van der Waals surface area contributed by atoms with Crippen molar-refractivity contribution in [3.8, 4) is 5.75 Å². The summed E-state index contributed by atoms with van der Waals surface area (Å²) in [6, 6.07) is 15.8. The van der Waals surface area contributed by atoms with Gasteiger partial charge in [0.05, 0.1) is 5.56 Å². The molecule has 0 heterocycles. The SMILES string of the molecule is CCC(C)c1cccc(C=O)c1OCc1ccccc1. The van der Waals surface area contributed by atoms with E-state index in [0.29, 0.717) is 18.1 Å². The van der Waals surface area contributed by atoms with Crippen LogP contribution < -0.4 is 4.74 Å². The highest BCUT2D eigenvalue weighted by Crippen LogP contribution is 2.31. The summed E-state index contributed by atoms with van der Waals surface area (Å²) in [6.45, 7) is 4.77. The van der Waals surface area contributed by atoms with E-state index in [1.165, 1.54) is 0 Å². The van der Waals surface area contributed by atoms with E-state index in [1.807, 2.05) is 42.5 Å². The van der Waals surface area contributed by atoms with Crippen LogP contribution in [0.1, 0.15) is 47.7 Å². The second-order valence-corrected chi connectivity index (χ2v) is 4.97. The van der Waals surface area contributed by atoms with Crippen LogP contribution in [0.15, 0.2) is 48.5 Å². The van der Waals surface area contributed by atoms with Crippen LogP contribution in [0.2, 0.25) is 0 Å². The minimum Gasteiger partial charge on any atom is -0.488 e. The van der Waals surface area contributed by atoms with Gasteiger partial charge in [0.15, 0.2) is 6.29 Å². The first kappa shape index (κ1) is 14.3. The molecule has 2 aromatic rings. The summed E-state index contributed by atoms with van der Waals surface area (Å²) >= 11 is 0. The zero-order valence-electron chi connectivity index (χ0n) is 12.0. The van der Waals surface area contributed by atoms with Crippen LogP contribution in [-0.2, 0) is 6.61 Å². The number of carbonyl (C=O) groups excluding carboxylic acids is 1. The zero-order valence-corrected chi connectivity index (χ0v) is 12.0. The molecule has 2 heteroatoms. The van der Waals surface area contributed by atoms with Gasteiger partial charge in [0.25, 0.3) is 0 Å². The van der Waals surface area contributed by atoms with Crippen LogP contribution in [0.4, 0.5) is 0 Å². The maximum atomic E-state index is 11.2. The molecule has 0 fully saturated rings. The Morgan fingerprint density at radius 2 is 1.85 bits per heavy atom. The molecule has 2 nitrogen and oxygen atoms in total. The third-order valence-corrected chi connectivity index (χ3v) is 3.57. The molecule has 0 aliphatic carbocycles. The van der Waals surface area contributed by atoms with Gasteiger partial charge in [-0.25, -0.2) is 0 Å². The van der Waals surface area contributed by atoms with Gasteiger partial charge in [0.2, 0.25) is 0 Å². The van der Waals surface area contributed by atoms with Gasteiger partial charge >= 0.3 is 0 Å². The average Bonchev–Trinajstić information content (AvgIpc) is 2.52. The summed E-state index contributed by atoms with van der Waals surface area (Å²) in [5, 5.41) is 0. The Morgan fingerprint density at radius 1 is 1.10 bits per heavy atom. The van der Waals surface area contributed by atoms with Crippen LogP contribution in [0, 0.1) is 0 Å². The van der Waals surface area contributed by atoms with Crippen molar-refractivity contribution in [1.29, 1.82) is 0 Å². The van der Waals surface area contributed by atoms with E-state index in [4.69, 9.17) is 4.74 Å². The molecule has 0 aromatic heterocycles. The molecule has 0 radical (unpaired) electrons. The third kappa shape index (κ3) is 3.27. The molecule has 1 unspecified atom stereocenters. The van der Waals surface area contributed by atoms with Crippen molar-refractivity contribution in [1.82, 2.24) is 0 Å². The monoisotopic (exact) mass is 268 g/mol. The fraction of sp³-hybridized carbons (Fsp3) is 0.278. The lowest BCUT2D eigenvalue weighted by molar-refractivity contribution is 0.111. The highest BCUT2D eigenvalue weighted by molar-refractivity contribution is 5.80. The first-order chi connectivity index (χ1) is 9.76. The predicted octanol–water partition coefficient (Wildman–Crippen LogP) is 4.59. The molecular formula is C18H20O2. The van der Waals surface area contributed by atoms with Gasteiger partial charge in [-0.05, 0) is 29.5 Å². The first-order valence-electron chi connectivity index (χ1n) is 7.01. The molecule has 0 aliphatic heterocycles. The molecule has 0 N–H and O–H groups in total. The van der Waals surface area contributed by atoms with E-state index in [0.717, 1.165) is 29.6 Å². The number of hydrogen-bond donors (Lipinski definition) is 0. The number of aldehydes is 1. The summed E-state index contributed by atoms with van der Waals surface area (Å²) in [7, 11) is 0. The summed E-state index contributed by atoms with van der Waals surface area (Å²) in [6.07, 6.45) is 1.89. The number of benzene rings is 2. The Hall–Kier alpha value is -2.09. The van der Waals surface area contributed by atoms with Gasteiger partial charge in [0.1, 0.15) is 12.4 Å². The van der Waals surface area contributed by atoms with Crippen LogP contribution in [0.25, 0.3) is 0 Å². The van der Waals surface area contributed by atoms with Crippen molar-refractivity contribution < 1.29 is 9.53 Å². The lowest BCUT2D eigenvalue weighted by Gasteiger charge is -2.17. The van der Waals surface area contributed by atoms with E-state index < -0.39 is 0 Å². The maximum Gasteiger partial charge on any atom is 0.153 e. The molecule has 0 amide bonds. The lowest BCUT2D eigenvalue weighted by atomic mass is 9.95. The van der Waals surface area contributed by atoms with Gasteiger partial charge in [-0.1, -0.05) is 56.3 Å². The Labute approximate surface area is 120 Å². The normalized spacial score (nSPS) is 11.9. The van der Waals surface area contributed by atoms with Crippen molar-refractivity contribution in [2.45, 2.75) is 32.8 Å². The fourth-order valence-electron chi connectivity index (χ4n) is 2.17. The van der Waals surface area contributed by atoms with Gasteiger partial charge in [0, 0.05) is 0 Å². The van der Waals surface area contributed by atoms with Crippen molar-refractivity contribution in [3.05, 3.63) is 65.2 Å². The molecular weight excluding hydrogens is 248 g/mol. The fourth-order valence-corrected chi connectivity index (χ4v) is 2.17. The quantitative estimate of drug-likeness (QED) is 0.716. The minimum atomic E-state index is 0.376. The summed E-state index contributed by atoms with van der Waals surface area (Å²) < 4.78 is 5.94. The Morgan fingerprint density at radius 3 is 2.50 bits per heavy atom. The largest absolute Gasteiger partial charge is 0.488 e. The van der Waals surface area contributed by atoms with Crippen molar-refractivity contribution >= 4 is 6.29 Å². The third-order valence-electron chi connectivity index (χ3n) is 3.57. The van der Waals surface area contributed by atoms with Crippen LogP contribution in [0.5, 0.6) is 5.75 Å². The van der Waals surface area contributed by atoms with Gasteiger partial charge < -0.3 is 4.74 Å². The van der Waals surface area contributed by atoms with Crippen LogP contribution in [0.3, 0.4) is 0 Å². The van der Waals surface area contributed by atoms with E-state index in [-0.39, 0.29) is 0 Å². The molecule has 2 aromatic carbocycles. The lowest BCUT2D eigenvalue weighted by Crippen LogP contribution is -2.04. The molecule has 104 valence electrons. The molecule has 0 saturated carbocycles. The Balaban J connectivity index is 2.26.